The number of piperidine rings is 1. The maximum Gasteiger partial charge on any atom is 0.191 e. The third kappa shape index (κ3) is 6.82. The average Bonchev–Trinajstić information content (AvgIpc) is 2.70. The number of hydrogen-bond donors (Lipinski definition) is 3. The van der Waals surface area contributed by atoms with Crippen LogP contribution in [0.15, 0.2) is 29.3 Å². The van der Waals surface area contributed by atoms with Crippen LogP contribution in [-0.2, 0) is 13.1 Å². The molecule has 0 amide bonds. The van der Waals surface area contributed by atoms with Gasteiger partial charge in [-0.1, -0.05) is 30.7 Å². The lowest BCUT2D eigenvalue weighted by atomic mass is 9.93. The van der Waals surface area contributed by atoms with Crippen LogP contribution >= 0.6 is 0 Å². The second-order valence-corrected chi connectivity index (χ2v) is 8.00. The van der Waals surface area contributed by atoms with Crippen LogP contribution in [0.4, 0.5) is 0 Å². The lowest BCUT2D eigenvalue weighted by Crippen LogP contribution is -2.45. The number of guanidine groups is 1. The summed E-state index contributed by atoms with van der Waals surface area (Å²) in [7, 11) is 0. The molecule has 1 aliphatic carbocycles. The molecule has 1 aliphatic heterocycles. The summed E-state index contributed by atoms with van der Waals surface area (Å²) in [6, 6.07) is 9.34. The normalized spacial score (nSPS) is 24.6. The molecule has 0 radical (unpaired) electrons. The lowest BCUT2D eigenvalue weighted by molar-refractivity contribution is 0.120. The highest BCUT2D eigenvalue weighted by atomic mass is 16.3. The van der Waals surface area contributed by atoms with Crippen LogP contribution in [0.3, 0.4) is 0 Å². The van der Waals surface area contributed by atoms with Gasteiger partial charge in [-0.3, -0.25) is 4.90 Å². The fourth-order valence-corrected chi connectivity index (χ4v) is 4.03. The zero-order chi connectivity index (χ0) is 18.9. The van der Waals surface area contributed by atoms with Crippen molar-refractivity contribution in [3.63, 3.8) is 0 Å². The molecule has 1 aromatic carbocycles. The standard InChI is InChI=1S/C22H36N4O/c1-2-23-22(25-20-10-12-21(27)13-11-20)24-16-18-6-8-19(9-7-18)17-26-14-4-3-5-15-26/h6-9,20-21,27H,2-5,10-17H2,1H3,(H2,23,24,25). The van der Waals surface area contributed by atoms with Gasteiger partial charge in [0.15, 0.2) is 5.96 Å². The molecule has 2 aliphatic rings. The second kappa shape index (κ2) is 10.7. The summed E-state index contributed by atoms with van der Waals surface area (Å²) in [4.78, 5) is 7.32. The Hall–Kier alpha value is -1.59. The van der Waals surface area contributed by atoms with E-state index in [0.717, 1.165) is 44.7 Å². The van der Waals surface area contributed by atoms with Crippen molar-refractivity contribution in [1.29, 1.82) is 0 Å². The number of hydrogen-bond acceptors (Lipinski definition) is 3. The molecule has 0 bridgehead atoms. The smallest absolute Gasteiger partial charge is 0.191 e. The van der Waals surface area contributed by atoms with Gasteiger partial charge >= 0.3 is 0 Å². The molecule has 0 atom stereocenters. The predicted molar refractivity (Wildman–Crippen MR) is 112 cm³/mol. The van der Waals surface area contributed by atoms with E-state index in [4.69, 9.17) is 4.99 Å². The highest BCUT2D eigenvalue weighted by molar-refractivity contribution is 5.80. The van der Waals surface area contributed by atoms with E-state index in [9.17, 15) is 5.11 Å². The fourth-order valence-electron chi connectivity index (χ4n) is 4.03. The molecule has 3 N–H and O–H groups in total. The van der Waals surface area contributed by atoms with E-state index in [2.05, 4.69) is 46.7 Å². The molecule has 1 heterocycles. The van der Waals surface area contributed by atoms with Crippen LogP contribution in [0.5, 0.6) is 0 Å². The number of nitrogens with zero attached hydrogens (tertiary/aromatic N) is 2. The molecule has 5 nitrogen and oxygen atoms in total. The van der Waals surface area contributed by atoms with Gasteiger partial charge < -0.3 is 15.7 Å². The first-order chi connectivity index (χ1) is 13.2. The van der Waals surface area contributed by atoms with Crippen LogP contribution in [0.2, 0.25) is 0 Å². The van der Waals surface area contributed by atoms with E-state index in [1.54, 1.807) is 0 Å². The first-order valence-corrected chi connectivity index (χ1v) is 10.8. The lowest BCUT2D eigenvalue weighted by Gasteiger charge is -2.27. The summed E-state index contributed by atoms with van der Waals surface area (Å²) in [6.45, 7) is 7.19. The molecule has 27 heavy (non-hydrogen) atoms. The number of rotatable bonds is 6. The van der Waals surface area contributed by atoms with E-state index in [1.807, 2.05) is 0 Å². The topological polar surface area (TPSA) is 59.9 Å². The average molecular weight is 373 g/mol. The number of aliphatic hydroxyl groups excluding tert-OH is 1. The minimum absolute atomic E-state index is 0.119. The van der Waals surface area contributed by atoms with Crippen LogP contribution in [-0.4, -0.2) is 47.7 Å². The molecule has 0 unspecified atom stereocenters. The van der Waals surface area contributed by atoms with Crippen molar-refractivity contribution < 1.29 is 5.11 Å². The van der Waals surface area contributed by atoms with Crippen LogP contribution in [0.25, 0.3) is 0 Å². The molecule has 150 valence electrons. The van der Waals surface area contributed by atoms with Crippen molar-refractivity contribution >= 4 is 5.96 Å². The quantitative estimate of drug-likeness (QED) is 0.531. The summed E-state index contributed by atoms with van der Waals surface area (Å²) >= 11 is 0. The molecule has 2 fully saturated rings. The minimum Gasteiger partial charge on any atom is -0.393 e. The summed E-state index contributed by atoms with van der Waals surface area (Å²) in [5.74, 6) is 0.885. The molecule has 0 spiro atoms. The van der Waals surface area contributed by atoms with Crippen molar-refractivity contribution in [3.8, 4) is 0 Å². The van der Waals surface area contributed by atoms with E-state index in [0.29, 0.717) is 12.6 Å². The minimum atomic E-state index is -0.119. The highest BCUT2D eigenvalue weighted by Gasteiger charge is 2.19. The molecule has 1 saturated carbocycles. The molecule has 3 rings (SSSR count). The van der Waals surface area contributed by atoms with Gasteiger partial charge in [-0.15, -0.1) is 0 Å². The van der Waals surface area contributed by atoms with Crippen molar-refractivity contribution in [2.45, 2.75) is 77.1 Å². The van der Waals surface area contributed by atoms with E-state index < -0.39 is 0 Å². The molecule has 1 aromatic rings. The third-order valence-corrected chi connectivity index (χ3v) is 5.68. The van der Waals surface area contributed by atoms with Gasteiger partial charge in [0.2, 0.25) is 0 Å². The Morgan fingerprint density at radius 3 is 2.37 bits per heavy atom. The van der Waals surface area contributed by atoms with Crippen molar-refractivity contribution in [2.24, 2.45) is 4.99 Å². The summed E-state index contributed by atoms with van der Waals surface area (Å²) in [6.07, 6.45) is 7.74. The Labute approximate surface area is 164 Å². The number of aliphatic hydroxyl groups is 1. The van der Waals surface area contributed by atoms with Gasteiger partial charge in [-0.25, -0.2) is 4.99 Å². The maximum absolute atomic E-state index is 9.67. The predicted octanol–water partition coefficient (Wildman–Crippen LogP) is 3.03. The number of nitrogens with one attached hydrogen (secondary N) is 2. The Morgan fingerprint density at radius 2 is 1.70 bits per heavy atom. The molecular weight excluding hydrogens is 336 g/mol. The van der Waals surface area contributed by atoms with E-state index in [1.165, 1.54) is 43.5 Å². The Balaban J connectivity index is 1.50. The summed E-state index contributed by atoms with van der Waals surface area (Å²) < 4.78 is 0. The first kappa shape index (κ1) is 20.2. The highest BCUT2D eigenvalue weighted by Crippen LogP contribution is 2.18. The monoisotopic (exact) mass is 372 g/mol. The SMILES string of the molecule is CCNC(=NCc1ccc(CN2CCCCC2)cc1)NC1CCC(O)CC1. The van der Waals surface area contributed by atoms with Gasteiger partial charge in [0.05, 0.1) is 12.6 Å². The second-order valence-electron chi connectivity index (χ2n) is 8.00. The molecule has 0 aromatic heterocycles. The van der Waals surface area contributed by atoms with Gasteiger partial charge in [-0.05, 0) is 69.7 Å². The Kier molecular flexibility index (Phi) is 7.96. The number of aliphatic imine (C=N–C) groups is 1. The summed E-state index contributed by atoms with van der Waals surface area (Å²) in [5.41, 5.74) is 2.64. The van der Waals surface area contributed by atoms with E-state index in [-0.39, 0.29) is 6.10 Å². The van der Waals surface area contributed by atoms with Crippen molar-refractivity contribution in [3.05, 3.63) is 35.4 Å². The Morgan fingerprint density at radius 1 is 1.04 bits per heavy atom. The molecule has 1 saturated heterocycles. The molecular formula is C22H36N4O. The van der Waals surface area contributed by atoms with Crippen molar-refractivity contribution in [1.82, 2.24) is 15.5 Å². The van der Waals surface area contributed by atoms with Crippen LogP contribution < -0.4 is 10.6 Å². The number of likely N-dealkylation sites (tertiary alicyclic amines) is 1. The fraction of sp³-hybridized carbons (Fsp3) is 0.682. The van der Waals surface area contributed by atoms with Crippen molar-refractivity contribution in [2.75, 3.05) is 19.6 Å². The number of benzene rings is 1. The van der Waals surface area contributed by atoms with E-state index >= 15 is 0 Å². The Bertz CT molecular complexity index is 572. The maximum atomic E-state index is 9.67. The first-order valence-electron chi connectivity index (χ1n) is 10.8. The largest absolute Gasteiger partial charge is 0.393 e. The van der Waals surface area contributed by atoms with Crippen LogP contribution in [0.1, 0.15) is 63.0 Å². The third-order valence-electron chi connectivity index (χ3n) is 5.68. The zero-order valence-electron chi connectivity index (χ0n) is 16.8. The van der Waals surface area contributed by atoms with Gasteiger partial charge in [0, 0.05) is 19.1 Å². The van der Waals surface area contributed by atoms with Gasteiger partial charge in [-0.2, -0.15) is 0 Å². The van der Waals surface area contributed by atoms with Gasteiger partial charge in [0.1, 0.15) is 0 Å². The summed E-state index contributed by atoms with van der Waals surface area (Å²) in [5, 5.41) is 16.5. The van der Waals surface area contributed by atoms with Crippen LogP contribution in [0, 0.1) is 0 Å². The molecule has 5 heteroatoms. The van der Waals surface area contributed by atoms with Gasteiger partial charge in [0.25, 0.3) is 0 Å². The zero-order valence-corrected chi connectivity index (χ0v) is 16.8.